The van der Waals surface area contributed by atoms with Crippen LogP contribution in [0, 0.1) is 0 Å². The molecule has 1 aliphatic heterocycles. The Kier molecular flexibility index (Phi) is 10.1. The van der Waals surface area contributed by atoms with Gasteiger partial charge in [0.25, 0.3) is 0 Å². The normalized spacial score (nSPS) is 21.8. The lowest BCUT2D eigenvalue weighted by molar-refractivity contribution is -0.169. The zero-order chi connectivity index (χ0) is 26.0. The van der Waals surface area contributed by atoms with Gasteiger partial charge in [0, 0.05) is 14.2 Å². The highest BCUT2D eigenvalue weighted by atomic mass is 31.2. The molecule has 7 nitrogen and oxygen atoms in total. The number of hydrogen-bond donors (Lipinski definition) is 0. The van der Waals surface area contributed by atoms with Gasteiger partial charge in [-0.2, -0.15) is 0 Å². The zero-order valence-electron chi connectivity index (χ0n) is 21.4. The maximum Gasteiger partial charge on any atom is 0.332 e. The topological polar surface area (TPSA) is 72.5 Å². The Morgan fingerprint density at radius 1 is 0.784 bits per heavy atom. The zero-order valence-corrected chi connectivity index (χ0v) is 22.3. The standard InChI is InChI=1S/C29H35O7P/c1-31-37(30,32-2)21-27-28(34-19-25-14-8-4-9-15-25)29(23-35-27,36-20-26-16-10-5-11-17-26)22-33-18-24-12-6-3-7-13-24/h3-17,27-28H,18-23H2,1-2H3/t27-,28+,29-/m1/s1. The fourth-order valence-electron chi connectivity index (χ4n) is 4.37. The van der Waals surface area contributed by atoms with Gasteiger partial charge in [-0.15, -0.1) is 0 Å². The van der Waals surface area contributed by atoms with Gasteiger partial charge in [-0.1, -0.05) is 91.0 Å². The third-order valence-corrected chi connectivity index (χ3v) is 8.38. The average molecular weight is 527 g/mol. The van der Waals surface area contributed by atoms with Gasteiger partial charge in [-0.25, -0.2) is 0 Å². The van der Waals surface area contributed by atoms with E-state index in [0.717, 1.165) is 16.7 Å². The molecule has 1 fully saturated rings. The summed E-state index contributed by atoms with van der Waals surface area (Å²) in [5.41, 5.74) is 2.16. The molecule has 1 saturated heterocycles. The van der Waals surface area contributed by atoms with Crippen molar-refractivity contribution < 1.29 is 32.6 Å². The molecule has 0 bridgehead atoms. The smallest absolute Gasteiger partial charge is 0.332 e. The van der Waals surface area contributed by atoms with E-state index in [1.807, 2.05) is 91.0 Å². The molecule has 4 rings (SSSR count). The van der Waals surface area contributed by atoms with E-state index in [-0.39, 0.29) is 19.4 Å². The highest BCUT2D eigenvalue weighted by molar-refractivity contribution is 7.53. The monoisotopic (exact) mass is 526 g/mol. The third kappa shape index (κ3) is 7.59. The van der Waals surface area contributed by atoms with Crippen molar-refractivity contribution in [2.24, 2.45) is 0 Å². The van der Waals surface area contributed by atoms with Gasteiger partial charge in [-0.3, -0.25) is 4.57 Å². The molecule has 1 aliphatic rings. The van der Waals surface area contributed by atoms with E-state index in [2.05, 4.69) is 0 Å². The maximum atomic E-state index is 13.1. The molecular weight excluding hydrogens is 491 g/mol. The van der Waals surface area contributed by atoms with Gasteiger partial charge < -0.3 is 28.0 Å². The van der Waals surface area contributed by atoms with Crippen LogP contribution in [0.3, 0.4) is 0 Å². The van der Waals surface area contributed by atoms with E-state index in [0.29, 0.717) is 19.8 Å². The van der Waals surface area contributed by atoms with Crippen molar-refractivity contribution in [1.29, 1.82) is 0 Å². The summed E-state index contributed by atoms with van der Waals surface area (Å²) in [4.78, 5) is 0. The molecule has 0 amide bonds. The van der Waals surface area contributed by atoms with Crippen molar-refractivity contribution in [3.8, 4) is 0 Å². The molecule has 0 N–H and O–H groups in total. The van der Waals surface area contributed by atoms with E-state index in [4.69, 9.17) is 28.0 Å². The molecule has 0 aliphatic carbocycles. The maximum absolute atomic E-state index is 13.1. The molecule has 3 aromatic carbocycles. The second-order valence-corrected chi connectivity index (χ2v) is 11.4. The quantitative estimate of drug-likeness (QED) is 0.252. The summed E-state index contributed by atoms with van der Waals surface area (Å²) in [7, 11) is -0.619. The highest BCUT2D eigenvalue weighted by Gasteiger charge is 2.54. The van der Waals surface area contributed by atoms with Crippen LogP contribution in [-0.2, 0) is 52.4 Å². The Hall–Kier alpha value is -2.35. The minimum Gasteiger partial charge on any atom is -0.374 e. The van der Waals surface area contributed by atoms with Crippen molar-refractivity contribution in [1.82, 2.24) is 0 Å². The lowest BCUT2D eigenvalue weighted by Gasteiger charge is -2.35. The van der Waals surface area contributed by atoms with Crippen molar-refractivity contribution >= 4 is 7.60 Å². The molecule has 37 heavy (non-hydrogen) atoms. The first kappa shape index (κ1) is 27.7. The van der Waals surface area contributed by atoms with Crippen LogP contribution in [0.4, 0.5) is 0 Å². The lowest BCUT2D eigenvalue weighted by Crippen LogP contribution is -2.52. The first-order valence-corrected chi connectivity index (χ1v) is 14.1. The second kappa shape index (κ2) is 13.4. The molecule has 0 aromatic heterocycles. The molecule has 198 valence electrons. The van der Waals surface area contributed by atoms with E-state index < -0.39 is 25.4 Å². The van der Waals surface area contributed by atoms with Crippen LogP contribution in [0.15, 0.2) is 91.0 Å². The van der Waals surface area contributed by atoms with E-state index in [1.165, 1.54) is 14.2 Å². The van der Waals surface area contributed by atoms with Crippen molar-refractivity contribution in [2.45, 2.75) is 37.6 Å². The molecule has 1 heterocycles. The summed E-state index contributed by atoms with van der Waals surface area (Å²) >= 11 is 0. The average Bonchev–Trinajstić information content (AvgIpc) is 3.28. The number of hydrogen-bond acceptors (Lipinski definition) is 7. The largest absolute Gasteiger partial charge is 0.374 e. The minimum absolute atomic E-state index is 0.0363. The predicted molar refractivity (Wildman–Crippen MR) is 141 cm³/mol. The molecular formula is C29H35O7P. The summed E-state index contributed by atoms with van der Waals surface area (Å²) in [5.74, 6) is 0. The van der Waals surface area contributed by atoms with Crippen molar-refractivity contribution in [2.75, 3.05) is 33.6 Å². The Bertz CT molecular complexity index is 1100. The van der Waals surface area contributed by atoms with Crippen LogP contribution in [0.2, 0.25) is 0 Å². The van der Waals surface area contributed by atoms with Crippen LogP contribution in [0.5, 0.6) is 0 Å². The second-order valence-electron chi connectivity index (χ2n) is 9.04. The first-order valence-electron chi connectivity index (χ1n) is 12.3. The number of benzene rings is 3. The molecule has 3 atom stereocenters. The molecule has 3 aromatic rings. The number of rotatable bonds is 14. The number of ether oxygens (including phenoxy) is 4. The van der Waals surface area contributed by atoms with Gasteiger partial charge >= 0.3 is 7.60 Å². The fourth-order valence-corrected chi connectivity index (χ4v) is 5.56. The lowest BCUT2D eigenvalue weighted by atomic mass is 9.97. The van der Waals surface area contributed by atoms with Gasteiger partial charge in [0.05, 0.1) is 45.3 Å². The van der Waals surface area contributed by atoms with Gasteiger partial charge in [0.15, 0.2) is 0 Å². The molecule has 0 saturated carbocycles. The summed E-state index contributed by atoms with van der Waals surface area (Å²) in [6, 6.07) is 29.8. The van der Waals surface area contributed by atoms with E-state index >= 15 is 0 Å². The highest BCUT2D eigenvalue weighted by Crippen LogP contribution is 2.50. The van der Waals surface area contributed by atoms with Crippen molar-refractivity contribution in [3.05, 3.63) is 108 Å². The summed E-state index contributed by atoms with van der Waals surface area (Å²) in [6.45, 7) is 1.55. The van der Waals surface area contributed by atoms with Gasteiger partial charge in [0.1, 0.15) is 11.7 Å². The third-order valence-electron chi connectivity index (χ3n) is 6.46. The molecule has 0 unspecified atom stereocenters. The van der Waals surface area contributed by atoms with Crippen LogP contribution in [-0.4, -0.2) is 51.4 Å². The first-order chi connectivity index (χ1) is 18.1. The van der Waals surface area contributed by atoms with Crippen LogP contribution in [0.1, 0.15) is 16.7 Å². The summed E-state index contributed by atoms with van der Waals surface area (Å²) in [6.07, 6.45) is -1.12. The van der Waals surface area contributed by atoms with E-state index in [9.17, 15) is 4.57 Å². The Balaban J connectivity index is 1.58. The molecule has 0 radical (unpaired) electrons. The SMILES string of the molecule is COP(=O)(C[C@H]1OC[C@@](COCc2ccccc2)(OCc2ccccc2)[C@H]1OCc1ccccc1)OC. The molecule has 0 spiro atoms. The minimum atomic E-state index is -3.37. The van der Waals surface area contributed by atoms with Crippen LogP contribution >= 0.6 is 7.60 Å². The Morgan fingerprint density at radius 3 is 1.84 bits per heavy atom. The van der Waals surface area contributed by atoms with Crippen LogP contribution < -0.4 is 0 Å². The predicted octanol–water partition coefficient (Wildman–Crippen LogP) is 5.63. The Morgan fingerprint density at radius 2 is 1.30 bits per heavy atom. The van der Waals surface area contributed by atoms with E-state index in [1.54, 1.807) is 0 Å². The molecule has 8 heteroatoms. The summed E-state index contributed by atoms with van der Waals surface area (Å²) in [5, 5.41) is 0. The van der Waals surface area contributed by atoms with Gasteiger partial charge in [-0.05, 0) is 16.7 Å². The Labute approximate surface area is 219 Å². The van der Waals surface area contributed by atoms with Crippen LogP contribution in [0.25, 0.3) is 0 Å². The summed E-state index contributed by atoms with van der Waals surface area (Å²) < 4.78 is 49.0. The fraction of sp³-hybridized carbons (Fsp3) is 0.379. The van der Waals surface area contributed by atoms with Gasteiger partial charge in [0.2, 0.25) is 0 Å². The van der Waals surface area contributed by atoms with Crippen molar-refractivity contribution in [3.63, 3.8) is 0 Å².